The van der Waals surface area contributed by atoms with Crippen molar-refractivity contribution in [3.63, 3.8) is 0 Å². The number of nitrogens with zero attached hydrogens (tertiary/aromatic N) is 4. The van der Waals surface area contributed by atoms with E-state index in [1.54, 1.807) is 0 Å². The summed E-state index contributed by atoms with van der Waals surface area (Å²) in [6, 6.07) is 16.0. The van der Waals surface area contributed by atoms with Crippen LogP contribution >= 0.6 is 0 Å². The molecule has 3 aromatic rings. The lowest BCUT2D eigenvalue weighted by atomic mass is 9.97. The van der Waals surface area contributed by atoms with Crippen LogP contribution < -0.4 is 10.2 Å². The van der Waals surface area contributed by atoms with Gasteiger partial charge in [-0.25, -0.2) is 9.78 Å². The van der Waals surface area contributed by atoms with Gasteiger partial charge in [0.05, 0.1) is 11.4 Å². The predicted octanol–water partition coefficient (Wildman–Crippen LogP) is 4.38. The Kier molecular flexibility index (Phi) is 5.99. The van der Waals surface area contributed by atoms with Crippen LogP contribution in [0.1, 0.15) is 31.6 Å². The predicted molar refractivity (Wildman–Crippen MR) is 127 cm³/mol. The molecule has 2 aliphatic heterocycles. The van der Waals surface area contributed by atoms with Crippen molar-refractivity contribution in [1.29, 1.82) is 0 Å². The number of urea groups is 1. The number of carbonyl (C=O) groups excluding carboxylic acids is 1. The molecule has 1 aromatic heterocycles. The summed E-state index contributed by atoms with van der Waals surface area (Å²) in [4.78, 5) is 24.4. The van der Waals surface area contributed by atoms with Gasteiger partial charge in [-0.3, -0.25) is 0 Å². The molecule has 1 N–H and O–H groups in total. The quantitative estimate of drug-likeness (QED) is 0.661. The molecule has 168 valence electrons. The molecule has 0 saturated carbocycles. The highest BCUT2D eigenvalue weighted by Crippen LogP contribution is 2.31. The monoisotopic (exact) mass is 433 g/mol. The van der Waals surface area contributed by atoms with Crippen LogP contribution in [0.2, 0.25) is 0 Å². The van der Waals surface area contributed by atoms with E-state index in [-0.39, 0.29) is 11.9 Å². The van der Waals surface area contributed by atoms with Gasteiger partial charge in [-0.1, -0.05) is 31.2 Å². The smallest absolute Gasteiger partial charge is 0.321 e. The van der Waals surface area contributed by atoms with Crippen LogP contribution in [-0.2, 0) is 0 Å². The van der Waals surface area contributed by atoms with Gasteiger partial charge >= 0.3 is 6.03 Å². The summed E-state index contributed by atoms with van der Waals surface area (Å²) in [6.07, 6.45) is 1.72. The minimum absolute atomic E-state index is 0.0272. The maximum Gasteiger partial charge on any atom is 0.321 e. The van der Waals surface area contributed by atoms with Crippen molar-refractivity contribution in [3.05, 3.63) is 54.4 Å². The lowest BCUT2D eigenvalue weighted by Crippen LogP contribution is -2.46. The lowest BCUT2D eigenvalue weighted by Gasteiger charge is -2.36. The second kappa shape index (κ2) is 9.20. The Hall–Kier alpha value is -3.06. The topological polar surface area (TPSA) is 64.8 Å². The van der Waals surface area contributed by atoms with E-state index in [2.05, 4.69) is 33.1 Å². The van der Waals surface area contributed by atoms with Gasteiger partial charge in [-0.2, -0.15) is 0 Å². The van der Waals surface area contributed by atoms with Crippen molar-refractivity contribution in [3.8, 4) is 0 Å². The van der Waals surface area contributed by atoms with Gasteiger partial charge in [0.1, 0.15) is 5.52 Å². The molecule has 0 spiro atoms. The zero-order valence-corrected chi connectivity index (χ0v) is 18.7. The average Bonchev–Trinajstić information content (AvgIpc) is 3.29. The second-order valence-corrected chi connectivity index (χ2v) is 8.65. The van der Waals surface area contributed by atoms with Crippen molar-refractivity contribution in [2.24, 2.45) is 0 Å². The molecule has 7 heteroatoms. The molecule has 32 heavy (non-hydrogen) atoms. The first kappa shape index (κ1) is 20.8. The van der Waals surface area contributed by atoms with E-state index in [1.807, 2.05) is 47.4 Å². The van der Waals surface area contributed by atoms with Crippen LogP contribution in [0.15, 0.2) is 52.9 Å². The van der Waals surface area contributed by atoms with Crippen LogP contribution in [-0.4, -0.2) is 66.6 Å². The first-order valence-corrected chi connectivity index (χ1v) is 11.7. The number of aromatic nitrogens is 1. The summed E-state index contributed by atoms with van der Waals surface area (Å²) in [5.41, 5.74) is 3.74. The molecule has 0 aliphatic carbocycles. The van der Waals surface area contributed by atoms with E-state index in [0.717, 1.165) is 73.9 Å². The van der Waals surface area contributed by atoms with E-state index < -0.39 is 0 Å². The normalized spacial score (nSPS) is 18.3. The maximum atomic E-state index is 13.0. The number of likely N-dealkylation sites (N-methyl/N-ethyl adjacent to an activating group) is 1. The molecule has 2 aliphatic rings. The first-order chi connectivity index (χ1) is 15.7. The Morgan fingerprint density at radius 1 is 1.00 bits per heavy atom. The third kappa shape index (κ3) is 4.30. The fourth-order valence-corrected chi connectivity index (χ4v) is 4.75. The Morgan fingerprint density at radius 2 is 1.72 bits per heavy atom. The Morgan fingerprint density at radius 3 is 2.47 bits per heavy atom. The Bertz CT molecular complexity index is 1030. The van der Waals surface area contributed by atoms with Crippen molar-refractivity contribution in [2.45, 2.75) is 25.7 Å². The molecular weight excluding hydrogens is 402 g/mol. The van der Waals surface area contributed by atoms with Crippen LogP contribution in [0, 0.1) is 0 Å². The number of hydrogen-bond donors (Lipinski definition) is 1. The summed E-state index contributed by atoms with van der Waals surface area (Å²) in [7, 11) is 0. The molecule has 2 aromatic carbocycles. The molecule has 0 unspecified atom stereocenters. The summed E-state index contributed by atoms with van der Waals surface area (Å²) in [5.74, 6) is 1.05. The largest absolute Gasteiger partial charge is 0.440 e. The highest BCUT2D eigenvalue weighted by Gasteiger charge is 2.28. The SMILES string of the molecule is CCN1CCN(c2ccccc2NC(=O)N2CCC(c3nc4ccccc4o3)CC2)CC1. The van der Waals surface area contributed by atoms with Gasteiger partial charge in [0.25, 0.3) is 0 Å². The number of hydrogen-bond acceptors (Lipinski definition) is 5. The van der Waals surface area contributed by atoms with Gasteiger partial charge in [-0.05, 0) is 43.7 Å². The van der Waals surface area contributed by atoms with E-state index in [4.69, 9.17) is 4.42 Å². The van der Waals surface area contributed by atoms with Crippen LogP contribution in [0.4, 0.5) is 16.2 Å². The highest BCUT2D eigenvalue weighted by atomic mass is 16.3. The van der Waals surface area contributed by atoms with Crippen molar-refractivity contribution in [2.75, 3.05) is 56.0 Å². The summed E-state index contributed by atoms with van der Waals surface area (Å²) in [5, 5.41) is 3.17. The number of fused-ring (bicyclic) bond motifs is 1. The number of piperidine rings is 1. The Labute approximate surface area is 189 Å². The minimum Gasteiger partial charge on any atom is -0.440 e. The molecule has 7 nitrogen and oxygen atoms in total. The number of amides is 2. The van der Waals surface area contributed by atoms with Crippen molar-refractivity contribution >= 4 is 28.5 Å². The van der Waals surface area contributed by atoms with Crippen molar-refractivity contribution in [1.82, 2.24) is 14.8 Å². The van der Waals surface area contributed by atoms with Gasteiger partial charge in [-0.15, -0.1) is 0 Å². The second-order valence-electron chi connectivity index (χ2n) is 8.65. The highest BCUT2D eigenvalue weighted by molar-refractivity contribution is 5.93. The maximum absolute atomic E-state index is 13.0. The zero-order chi connectivity index (χ0) is 21.9. The molecule has 0 atom stereocenters. The van der Waals surface area contributed by atoms with Crippen LogP contribution in [0.5, 0.6) is 0 Å². The van der Waals surface area contributed by atoms with Crippen LogP contribution in [0.25, 0.3) is 11.1 Å². The van der Waals surface area contributed by atoms with Crippen molar-refractivity contribution < 1.29 is 9.21 Å². The Balaban J connectivity index is 1.20. The number of benzene rings is 2. The molecule has 0 radical (unpaired) electrons. The zero-order valence-electron chi connectivity index (χ0n) is 18.7. The molecule has 2 amide bonds. The number of oxazole rings is 1. The number of nitrogens with one attached hydrogen (secondary N) is 1. The number of anilines is 2. The van der Waals surface area contributed by atoms with E-state index >= 15 is 0 Å². The summed E-state index contributed by atoms with van der Waals surface area (Å²) in [6.45, 7) is 8.78. The molecule has 3 heterocycles. The molecular formula is C25H31N5O2. The van der Waals surface area contributed by atoms with Gasteiger partial charge in [0.15, 0.2) is 11.5 Å². The molecule has 5 rings (SSSR count). The number of piperazine rings is 1. The number of likely N-dealkylation sites (tertiary alicyclic amines) is 1. The van der Waals surface area contributed by atoms with Crippen LogP contribution in [0.3, 0.4) is 0 Å². The fraction of sp³-hybridized carbons (Fsp3) is 0.440. The number of para-hydroxylation sites is 4. The van der Waals surface area contributed by atoms with Gasteiger partial charge < -0.3 is 24.4 Å². The van der Waals surface area contributed by atoms with E-state index in [1.165, 1.54) is 0 Å². The molecule has 2 fully saturated rings. The van der Waals surface area contributed by atoms with Gasteiger partial charge in [0, 0.05) is 45.2 Å². The van der Waals surface area contributed by atoms with Gasteiger partial charge in [0.2, 0.25) is 0 Å². The number of rotatable bonds is 4. The average molecular weight is 434 g/mol. The van der Waals surface area contributed by atoms with E-state index in [9.17, 15) is 4.79 Å². The standard InChI is InChI=1S/C25H31N5O2/c1-2-28-15-17-29(18-16-28)22-9-5-3-7-20(22)27-25(31)30-13-11-19(12-14-30)24-26-21-8-4-6-10-23(21)32-24/h3-10,19H,2,11-18H2,1H3,(H,27,31). The third-order valence-corrected chi connectivity index (χ3v) is 6.75. The minimum atomic E-state index is -0.0272. The van der Waals surface area contributed by atoms with E-state index in [0.29, 0.717) is 13.1 Å². The number of carbonyl (C=O) groups is 1. The fourth-order valence-electron chi connectivity index (χ4n) is 4.75. The summed E-state index contributed by atoms with van der Waals surface area (Å²) >= 11 is 0. The molecule has 2 saturated heterocycles. The molecule has 0 bridgehead atoms. The summed E-state index contributed by atoms with van der Waals surface area (Å²) < 4.78 is 5.96. The first-order valence-electron chi connectivity index (χ1n) is 11.7. The lowest BCUT2D eigenvalue weighted by molar-refractivity contribution is 0.190. The third-order valence-electron chi connectivity index (χ3n) is 6.75.